The molecule has 98 valence electrons. The van der Waals surface area contributed by atoms with Gasteiger partial charge in [-0.25, -0.2) is 0 Å². The smallest absolute Gasteiger partial charge is 0.310 e. The molecule has 4 heteroatoms. The van der Waals surface area contributed by atoms with Crippen LogP contribution in [0.25, 0.3) is 0 Å². The number of benzene rings is 1. The summed E-state index contributed by atoms with van der Waals surface area (Å²) in [6.07, 6.45) is 0.861. The largest absolute Gasteiger partial charge is 0.490 e. The highest BCUT2D eigenvalue weighted by molar-refractivity contribution is 5.73. The minimum Gasteiger partial charge on any atom is -0.490 e. The lowest BCUT2D eigenvalue weighted by atomic mass is 10.0. The molecule has 1 saturated heterocycles. The second-order valence-corrected chi connectivity index (χ2v) is 4.47. The predicted molar refractivity (Wildman–Crippen MR) is 68.5 cm³/mol. The summed E-state index contributed by atoms with van der Waals surface area (Å²) < 4.78 is 10.7. The summed E-state index contributed by atoms with van der Waals surface area (Å²) in [4.78, 5) is 11.7. The van der Waals surface area contributed by atoms with Crippen LogP contribution in [0.2, 0.25) is 0 Å². The standard InChI is InChI=1S/C14H19NO3/c1-11-13(7-8-15-11)14(16)18-10-9-17-12-5-3-2-4-6-12/h2-6,11,13,15H,7-10H2,1H3. The van der Waals surface area contributed by atoms with Gasteiger partial charge in [0.1, 0.15) is 19.0 Å². The van der Waals surface area contributed by atoms with Crippen molar-refractivity contribution in [3.63, 3.8) is 0 Å². The van der Waals surface area contributed by atoms with E-state index in [1.54, 1.807) is 0 Å². The number of hydrogen-bond acceptors (Lipinski definition) is 4. The van der Waals surface area contributed by atoms with E-state index >= 15 is 0 Å². The van der Waals surface area contributed by atoms with E-state index in [1.165, 1.54) is 0 Å². The Balaban J connectivity index is 1.65. The van der Waals surface area contributed by atoms with E-state index in [0.717, 1.165) is 18.7 Å². The summed E-state index contributed by atoms with van der Waals surface area (Å²) in [7, 11) is 0. The van der Waals surface area contributed by atoms with Crippen molar-refractivity contribution in [3.05, 3.63) is 30.3 Å². The van der Waals surface area contributed by atoms with Gasteiger partial charge in [0, 0.05) is 6.04 Å². The summed E-state index contributed by atoms with van der Waals surface area (Å²) in [6, 6.07) is 9.73. The van der Waals surface area contributed by atoms with Gasteiger partial charge in [-0.05, 0) is 32.0 Å². The second-order valence-electron chi connectivity index (χ2n) is 4.47. The summed E-state index contributed by atoms with van der Waals surface area (Å²) >= 11 is 0. The molecule has 1 N–H and O–H groups in total. The van der Waals surface area contributed by atoms with Gasteiger partial charge < -0.3 is 14.8 Å². The molecule has 0 aliphatic carbocycles. The number of carbonyl (C=O) groups is 1. The van der Waals surface area contributed by atoms with Gasteiger partial charge in [0.25, 0.3) is 0 Å². The van der Waals surface area contributed by atoms with Crippen molar-refractivity contribution in [3.8, 4) is 5.75 Å². The van der Waals surface area contributed by atoms with Gasteiger partial charge in [-0.1, -0.05) is 18.2 Å². The summed E-state index contributed by atoms with van der Waals surface area (Å²) in [5.41, 5.74) is 0. The fourth-order valence-electron chi connectivity index (χ4n) is 2.11. The van der Waals surface area contributed by atoms with E-state index in [9.17, 15) is 4.79 Å². The molecular formula is C14H19NO3. The molecule has 18 heavy (non-hydrogen) atoms. The number of ether oxygens (including phenoxy) is 2. The minimum atomic E-state index is -0.121. The lowest BCUT2D eigenvalue weighted by Crippen LogP contribution is -2.30. The SMILES string of the molecule is CC1NCCC1C(=O)OCCOc1ccccc1. The molecular weight excluding hydrogens is 230 g/mol. The van der Waals surface area contributed by atoms with Crippen LogP contribution in [0.3, 0.4) is 0 Å². The van der Waals surface area contributed by atoms with Crippen LogP contribution in [0.1, 0.15) is 13.3 Å². The van der Waals surface area contributed by atoms with E-state index in [2.05, 4.69) is 5.32 Å². The first-order valence-corrected chi connectivity index (χ1v) is 6.35. The maximum absolute atomic E-state index is 11.7. The first-order valence-electron chi connectivity index (χ1n) is 6.35. The van der Waals surface area contributed by atoms with Crippen LogP contribution < -0.4 is 10.1 Å². The molecule has 1 aliphatic heterocycles. The number of carbonyl (C=O) groups excluding carboxylic acids is 1. The van der Waals surface area contributed by atoms with Crippen LogP contribution in [0.4, 0.5) is 0 Å². The molecule has 4 nitrogen and oxygen atoms in total. The van der Waals surface area contributed by atoms with Gasteiger partial charge in [0.05, 0.1) is 5.92 Å². The Hall–Kier alpha value is -1.55. The van der Waals surface area contributed by atoms with Crippen molar-refractivity contribution in [2.24, 2.45) is 5.92 Å². The van der Waals surface area contributed by atoms with Gasteiger partial charge in [0.15, 0.2) is 0 Å². The quantitative estimate of drug-likeness (QED) is 0.636. The minimum absolute atomic E-state index is 0.0123. The molecule has 0 amide bonds. The number of esters is 1. The van der Waals surface area contributed by atoms with Crippen molar-refractivity contribution in [2.75, 3.05) is 19.8 Å². The summed E-state index contributed by atoms with van der Waals surface area (Å²) in [5.74, 6) is 0.662. The average molecular weight is 249 g/mol. The number of para-hydroxylation sites is 1. The monoisotopic (exact) mass is 249 g/mol. The lowest BCUT2D eigenvalue weighted by Gasteiger charge is -2.14. The highest BCUT2D eigenvalue weighted by Crippen LogP contribution is 2.16. The average Bonchev–Trinajstić information content (AvgIpc) is 2.82. The van der Waals surface area contributed by atoms with E-state index in [0.29, 0.717) is 13.2 Å². The number of rotatable bonds is 5. The van der Waals surface area contributed by atoms with Gasteiger partial charge in [-0.3, -0.25) is 4.79 Å². The molecule has 1 heterocycles. The third-order valence-corrected chi connectivity index (χ3v) is 3.17. The van der Waals surface area contributed by atoms with Gasteiger partial charge in [0.2, 0.25) is 0 Å². The Bertz CT molecular complexity index is 380. The molecule has 0 aromatic heterocycles. The van der Waals surface area contributed by atoms with Crippen molar-refractivity contribution in [1.82, 2.24) is 5.32 Å². The van der Waals surface area contributed by atoms with E-state index in [4.69, 9.17) is 9.47 Å². The highest BCUT2D eigenvalue weighted by Gasteiger charge is 2.30. The molecule has 0 radical (unpaired) electrons. The maximum Gasteiger partial charge on any atom is 0.310 e. The van der Waals surface area contributed by atoms with Crippen LogP contribution in [0, 0.1) is 5.92 Å². The van der Waals surface area contributed by atoms with E-state index in [-0.39, 0.29) is 17.9 Å². The van der Waals surface area contributed by atoms with Crippen molar-refractivity contribution >= 4 is 5.97 Å². The van der Waals surface area contributed by atoms with Crippen LogP contribution in [-0.4, -0.2) is 31.8 Å². The van der Waals surface area contributed by atoms with Crippen LogP contribution >= 0.6 is 0 Å². The Morgan fingerprint density at radius 3 is 2.78 bits per heavy atom. The van der Waals surface area contributed by atoms with E-state index < -0.39 is 0 Å². The Kier molecular flexibility index (Phi) is 4.59. The molecule has 0 bridgehead atoms. The summed E-state index contributed by atoms with van der Waals surface area (Å²) in [6.45, 7) is 3.60. The zero-order valence-corrected chi connectivity index (χ0v) is 10.6. The van der Waals surface area contributed by atoms with Crippen LogP contribution in [-0.2, 0) is 9.53 Å². The maximum atomic E-state index is 11.7. The Morgan fingerprint density at radius 2 is 2.11 bits per heavy atom. The molecule has 0 spiro atoms. The Labute approximate surface area is 107 Å². The predicted octanol–water partition coefficient (Wildman–Crippen LogP) is 1.61. The number of nitrogens with one attached hydrogen (secondary N) is 1. The van der Waals surface area contributed by atoms with Crippen LogP contribution in [0.15, 0.2) is 30.3 Å². The molecule has 1 fully saturated rings. The van der Waals surface area contributed by atoms with Crippen molar-refractivity contribution in [2.45, 2.75) is 19.4 Å². The third-order valence-electron chi connectivity index (χ3n) is 3.17. The highest BCUT2D eigenvalue weighted by atomic mass is 16.6. The van der Waals surface area contributed by atoms with Gasteiger partial charge in [-0.2, -0.15) is 0 Å². The normalized spacial score (nSPS) is 22.7. The molecule has 2 atom stereocenters. The first kappa shape index (κ1) is 12.9. The topological polar surface area (TPSA) is 47.6 Å². The molecule has 1 aliphatic rings. The lowest BCUT2D eigenvalue weighted by molar-refractivity contribution is -0.149. The first-order chi connectivity index (χ1) is 8.77. The Morgan fingerprint density at radius 1 is 1.33 bits per heavy atom. The van der Waals surface area contributed by atoms with Crippen molar-refractivity contribution in [1.29, 1.82) is 0 Å². The molecule has 2 unspecified atom stereocenters. The molecule has 1 aromatic carbocycles. The zero-order valence-electron chi connectivity index (χ0n) is 10.6. The summed E-state index contributed by atoms with van der Waals surface area (Å²) in [5, 5.41) is 3.23. The van der Waals surface area contributed by atoms with Gasteiger partial charge >= 0.3 is 5.97 Å². The molecule has 0 saturated carbocycles. The van der Waals surface area contributed by atoms with Gasteiger partial charge in [-0.15, -0.1) is 0 Å². The molecule has 1 aromatic rings. The van der Waals surface area contributed by atoms with Crippen molar-refractivity contribution < 1.29 is 14.3 Å². The number of hydrogen-bond donors (Lipinski definition) is 1. The van der Waals surface area contributed by atoms with E-state index in [1.807, 2.05) is 37.3 Å². The zero-order chi connectivity index (χ0) is 12.8. The third kappa shape index (κ3) is 3.47. The van der Waals surface area contributed by atoms with Crippen LogP contribution in [0.5, 0.6) is 5.75 Å². The fourth-order valence-corrected chi connectivity index (χ4v) is 2.11. The second kappa shape index (κ2) is 6.40. The fraction of sp³-hybridized carbons (Fsp3) is 0.500. The molecule has 2 rings (SSSR count).